The third-order valence-corrected chi connectivity index (χ3v) is 6.24. The number of hydrogen-bond donors (Lipinski definition) is 3. The molecule has 3 heteroatoms. The maximum absolute atomic E-state index is 7.54. The molecule has 5 unspecified atom stereocenters. The Morgan fingerprint density at radius 1 is 1.19 bits per heavy atom. The Balaban J connectivity index is 1.40. The molecule has 0 amide bonds. The highest BCUT2D eigenvalue weighted by Gasteiger charge is 2.53. The number of nitrogens with one attached hydrogen (secondary N) is 2. The topological polar surface area (TPSA) is 61.9 Å². The van der Waals surface area contributed by atoms with Crippen LogP contribution in [0.1, 0.15) is 43.2 Å². The van der Waals surface area contributed by atoms with Crippen LogP contribution in [0, 0.1) is 29.1 Å². The van der Waals surface area contributed by atoms with Crippen molar-refractivity contribution in [3.05, 3.63) is 35.4 Å². The van der Waals surface area contributed by atoms with E-state index in [1.807, 2.05) is 18.2 Å². The molecule has 3 nitrogen and oxygen atoms in total. The summed E-state index contributed by atoms with van der Waals surface area (Å²) in [6, 6.07) is 8.80. The summed E-state index contributed by atoms with van der Waals surface area (Å²) in [4.78, 5) is 0. The van der Waals surface area contributed by atoms with Gasteiger partial charge < -0.3 is 11.1 Å². The Morgan fingerprint density at radius 2 is 2.05 bits per heavy atom. The van der Waals surface area contributed by atoms with E-state index in [1.54, 1.807) is 0 Å². The molecule has 3 saturated carbocycles. The minimum absolute atomic E-state index is 0.158. The normalized spacial score (nSPS) is 36.9. The minimum atomic E-state index is 0.158. The summed E-state index contributed by atoms with van der Waals surface area (Å²) < 4.78 is 0. The zero-order valence-corrected chi connectivity index (χ0v) is 12.5. The Hall–Kier alpha value is -1.35. The van der Waals surface area contributed by atoms with Crippen molar-refractivity contribution in [3.8, 4) is 0 Å². The van der Waals surface area contributed by atoms with E-state index in [9.17, 15) is 0 Å². The average molecular weight is 283 g/mol. The lowest BCUT2D eigenvalue weighted by atomic mass is 9.79. The van der Waals surface area contributed by atoms with Gasteiger partial charge in [-0.05, 0) is 61.0 Å². The summed E-state index contributed by atoms with van der Waals surface area (Å²) in [5.41, 5.74) is 7.65. The van der Waals surface area contributed by atoms with Crippen LogP contribution >= 0.6 is 0 Å². The van der Waals surface area contributed by atoms with Gasteiger partial charge in [0.1, 0.15) is 5.84 Å². The first-order chi connectivity index (χ1) is 10.2. The van der Waals surface area contributed by atoms with Crippen LogP contribution in [0.3, 0.4) is 0 Å². The summed E-state index contributed by atoms with van der Waals surface area (Å²) in [7, 11) is 0. The SMILES string of the molecule is N=C(N)c1cccc(CNC2CC3CC2C2CCCC32)c1. The summed E-state index contributed by atoms with van der Waals surface area (Å²) in [5.74, 6) is 4.17. The fourth-order valence-electron chi connectivity index (χ4n) is 5.40. The van der Waals surface area contributed by atoms with Crippen molar-refractivity contribution in [2.45, 2.75) is 44.7 Å². The molecule has 4 rings (SSSR count). The van der Waals surface area contributed by atoms with Crippen LogP contribution in [0.5, 0.6) is 0 Å². The van der Waals surface area contributed by atoms with Gasteiger partial charge in [0.2, 0.25) is 0 Å². The van der Waals surface area contributed by atoms with Crippen LogP contribution in [0.25, 0.3) is 0 Å². The molecule has 0 spiro atoms. The third-order valence-electron chi connectivity index (χ3n) is 6.24. The third kappa shape index (κ3) is 2.28. The maximum atomic E-state index is 7.54. The second-order valence-corrected chi connectivity index (χ2v) is 7.26. The molecule has 0 saturated heterocycles. The molecule has 0 aliphatic heterocycles. The Labute approximate surface area is 126 Å². The molecule has 21 heavy (non-hydrogen) atoms. The predicted octanol–water partition coefficient (Wildman–Crippen LogP) is 2.88. The number of hydrogen-bond acceptors (Lipinski definition) is 2. The molecular formula is C18H25N3. The molecule has 0 radical (unpaired) electrons. The van der Waals surface area contributed by atoms with E-state index in [2.05, 4.69) is 11.4 Å². The molecule has 0 aromatic heterocycles. The summed E-state index contributed by atoms with van der Waals surface area (Å²) in [6.45, 7) is 0.909. The van der Waals surface area contributed by atoms with E-state index >= 15 is 0 Å². The van der Waals surface area contributed by atoms with E-state index in [-0.39, 0.29) is 5.84 Å². The number of amidine groups is 1. The van der Waals surface area contributed by atoms with Gasteiger partial charge in [0, 0.05) is 18.2 Å². The van der Waals surface area contributed by atoms with Gasteiger partial charge >= 0.3 is 0 Å². The number of nitrogens with two attached hydrogens (primary N) is 1. The highest BCUT2D eigenvalue weighted by molar-refractivity contribution is 5.95. The molecule has 3 fully saturated rings. The van der Waals surface area contributed by atoms with E-state index in [4.69, 9.17) is 11.1 Å². The largest absolute Gasteiger partial charge is 0.384 e. The average Bonchev–Trinajstić information content (AvgIpc) is 3.17. The summed E-state index contributed by atoms with van der Waals surface area (Å²) in [6.07, 6.45) is 7.30. The van der Waals surface area contributed by atoms with Crippen molar-refractivity contribution in [1.82, 2.24) is 5.32 Å². The van der Waals surface area contributed by atoms with Crippen molar-refractivity contribution in [1.29, 1.82) is 5.41 Å². The number of rotatable bonds is 4. The maximum Gasteiger partial charge on any atom is 0.122 e. The fraction of sp³-hybridized carbons (Fsp3) is 0.611. The molecule has 4 N–H and O–H groups in total. The van der Waals surface area contributed by atoms with Crippen LogP contribution in [0.2, 0.25) is 0 Å². The smallest absolute Gasteiger partial charge is 0.122 e. The van der Waals surface area contributed by atoms with Gasteiger partial charge in [-0.1, -0.05) is 24.6 Å². The zero-order chi connectivity index (χ0) is 14.4. The molecule has 3 aliphatic rings. The molecule has 3 aliphatic carbocycles. The van der Waals surface area contributed by atoms with E-state index in [1.165, 1.54) is 37.7 Å². The van der Waals surface area contributed by atoms with Crippen LogP contribution < -0.4 is 11.1 Å². The Kier molecular flexibility index (Phi) is 3.26. The number of nitrogen functional groups attached to an aromatic ring is 1. The van der Waals surface area contributed by atoms with Crippen molar-refractivity contribution in [2.24, 2.45) is 29.4 Å². The van der Waals surface area contributed by atoms with Crippen LogP contribution in [0.15, 0.2) is 24.3 Å². The van der Waals surface area contributed by atoms with Crippen LogP contribution in [-0.4, -0.2) is 11.9 Å². The first-order valence-electron chi connectivity index (χ1n) is 8.39. The molecule has 2 bridgehead atoms. The summed E-state index contributed by atoms with van der Waals surface area (Å²) >= 11 is 0. The van der Waals surface area contributed by atoms with Gasteiger partial charge in [0.25, 0.3) is 0 Å². The predicted molar refractivity (Wildman–Crippen MR) is 85.1 cm³/mol. The summed E-state index contributed by atoms with van der Waals surface area (Å²) in [5, 5.41) is 11.3. The first-order valence-corrected chi connectivity index (χ1v) is 8.39. The van der Waals surface area contributed by atoms with E-state index in [0.29, 0.717) is 0 Å². The molecule has 5 atom stereocenters. The second-order valence-electron chi connectivity index (χ2n) is 7.26. The van der Waals surface area contributed by atoms with Crippen LogP contribution in [-0.2, 0) is 6.54 Å². The molecule has 1 aromatic rings. The quantitative estimate of drug-likeness (QED) is 0.588. The van der Waals surface area contributed by atoms with Crippen molar-refractivity contribution in [2.75, 3.05) is 0 Å². The van der Waals surface area contributed by atoms with Gasteiger partial charge in [-0.15, -0.1) is 0 Å². The number of benzene rings is 1. The lowest BCUT2D eigenvalue weighted by molar-refractivity contribution is 0.208. The molecule has 0 heterocycles. The van der Waals surface area contributed by atoms with Gasteiger partial charge in [0.05, 0.1) is 0 Å². The van der Waals surface area contributed by atoms with E-state index in [0.717, 1.165) is 41.8 Å². The second kappa shape index (κ2) is 5.13. The Bertz CT molecular complexity index is 553. The van der Waals surface area contributed by atoms with Gasteiger partial charge in [-0.25, -0.2) is 0 Å². The van der Waals surface area contributed by atoms with Gasteiger partial charge in [-0.3, -0.25) is 5.41 Å². The van der Waals surface area contributed by atoms with Crippen molar-refractivity contribution < 1.29 is 0 Å². The van der Waals surface area contributed by atoms with Crippen LogP contribution in [0.4, 0.5) is 0 Å². The number of fused-ring (bicyclic) bond motifs is 5. The zero-order valence-electron chi connectivity index (χ0n) is 12.5. The monoisotopic (exact) mass is 283 g/mol. The standard InChI is InChI=1S/C18H25N3/c19-18(20)12-4-1-3-11(7-12)10-21-17-9-13-8-16(17)15-6-2-5-14(13)15/h1,3-4,7,13-17,21H,2,5-6,8-10H2,(H3,19,20). The molecule has 112 valence electrons. The van der Waals surface area contributed by atoms with Crippen molar-refractivity contribution >= 4 is 5.84 Å². The molecule has 1 aromatic carbocycles. The van der Waals surface area contributed by atoms with Gasteiger partial charge in [0.15, 0.2) is 0 Å². The highest BCUT2D eigenvalue weighted by atomic mass is 14.9. The van der Waals surface area contributed by atoms with Crippen molar-refractivity contribution in [3.63, 3.8) is 0 Å². The van der Waals surface area contributed by atoms with Gasteiger partial charge in [-0.2, -0.15) is 0 Å². The van der Waals surface area contributed by atoms with E-state index < -0.39 is 0 Å². The first kappa shape index (κ1) is 13.3. The molecular weight excluding hydrogens is 258 g/mol. The Morgan fingerprint density at radius 3 is 2.90 bits per heavy atom. The highest BCUT2D eigenvalue weighted by Crippen LogP contribution is 2.58. The fourth-order valence-corrected chi connectivity index (χ4v) is 5.40. The minimum Gasteiger partial charge on any atom is -0.384 e. The lowest BCUT2D eigenvalue weighted by Gasteiger charge is -2.32. The lowest BCUT2D eigenvalue weighted by Crippen LogP contribution is -2.38.